The van der Waals surface area contributed by atoms with Gasteiger partial charge in [0.15, 0.2) is 6.10 Å². The molecule has 0 heterocycles. The molecule has 0 fully saturated rings. The van der Waals surface area contributed by atoms with E-state index in [0.29, 0.717) is 0 Å². The molecule has 122 valence electrons. The Morgan fingerprint density at radius 3 is 1.87 bits per heavy atom. The molecule has 0 saturated heterocycles. The zero-order chi connectivity index (χ0) is 16.5. The van der Waals surface area contributed by atoms with Gasteiger partial charge in [-0.05, 0) is 24.0 Å². The average Bonchev–Trinajstić information content (AvgIpc) is 2.62. The Morgan fingerprint density at radius 2 is 1.43 bits per heavy atom. The molecule has 0 N–H and O–H groups in total. The average molecular weight is 310 g/mol. The summed E-state index contributed by atoms with van der Waals surface area (Å²) in [5, 5.41) is 0. The highest BCUT2D eigenvalue weighted by Crippen LogP contribution is 2.28. The summed E-state index contributed by atoms with van der Waals surface area (Å²) in [4.78, 5) is 12.6. The molecule has 0 radical (unpaired) electrons. The number of benzene rings is 2. The smallest absolute Gasteiger partial charge is 0.309 e. The van der Waals surface area contributed by atoms with Gasteiger partial charge in [-0.15, -0.1) is 0 Å². The number of unbranched alkanes of at least 4 members (excludes halogenated alkanes) is 1. The zero-order valence-corrected chi connectivity index (χ0v) is 14.1. The highest BCUT2D eigenvalue weighted by atomic mass is 16.5. The molecule has 2 aromatic rings. The Kier molecular flexibility index (Phi) is 6.86. The third kappa shape index (κ3) is 4.95. The number of carbonyl (C=O) groups excluding carboxylic acids is 1. The minimum atomic E-state index is -0.333. The van der Waals surface area contributed by atoms with Crippen molar-refractivity contribution in [3.8, 4) is 0 Å². The van der Waals surface area contributed by atoms with Gasteiger partial charge in [0.2, 0.25) is 0 Å². The molecule has 1 unspecified atom stereocenters. The van der Waals surface area contributed by atoms with Crippen molar-refractivity contribution < 1.29 is 9.53 Å². The summed E-state index contributed by atoms with van der Waals surface area (Å²) in [7, 11) is 0. The van der Waals surface area contributed by atoms with E-state index in [1.165, 1.54) is 0 Å². The molecule has 0 amide bonds. The summed E-state index contributed by atoms with van der Waals surface area (Å²) < 4.78 is 5.93. The van der Waals surface area contributed by atoms with Crippen LogP contribution in [-0.2, 0) is 9.53 Å². The van der Waals surface area contributed by atoms with Gasteiger partial charge < -0.3 is 4.74 Å². The van der Waals surface area contributed by atoms with Crippen LogP contribution in [0.1, 0.15) is 56.8 Å². The first kappa shape index (κ1) is 17.3. The lowest BCUT2D eigenvalue weighted by Crippen LogP contribution is -2.20. The predicted molar refractivity (Wildman–Crippen MR) is 94.1 cm³/mol. The van der Waals surface area contributed by atoms with Crippen molar-refractivity contribution in [3.63, 3.8) is 0 Å². The highest BCUT2D eigenvalue weighted by molar-refractivity contribution is 5.73. The molecule has 2 aromatic carbocycles. The van der Waals surface area contributed by atoms with Gasteiger partial charge in [-0.25, -0.2) is 0 Å². The normalized spacial score (nSPS) is 12.1. The maximum atomic E-state index is 12.6. The molecule has 0 saturated carbocycles. The second-order valence-electron chi connectivity index (χ2n) is 5.89. The fraction of sp³-hybridized carbons (Fsp3) is 0.381. The fourth-order valence-electron chi connectivity index (χ4n) is 2.74. The fourth-order valence-corrected chi connectivity index (χ4v) is 2.74. The van der Waals surface area contributed by atoms with E-state index in [2.05, 4.69) is 13.8 Å². The number of hydrogen-bond donors (Lipinski definition) is 0. The van der Waals surface area contributed by atoms with Gasteiger partial charge in [0, 0.05) is 0 Å². The molecule has 0 aliphatic carbocycles. The Labute approximate surface area is 139 Å². The van der Waals surface area contributed by atoms with Crippen LogP contribution in [0.25, 0.3) is 0 Å². The zero-order valence-electron chi connectivity index (χ0n) is 14.1. The summed E-state index contributed by atoms with van der Waals surface area (Å²) in [6, 6.07) is 19.9. The number of carbonyl (C=O) groups is 1. The summed E-state index contributed by atoms with van der Waals surface area (Å²) in [6.45, 7) is 4.20. The van der Waals surface area contributed by atoms with Crippen molar-refractivity contribution >= 4 is 5.97 Å². The minimum absolute atomic E-state index is 0.00938. The van der Waals surface area contributed by atoms with Crippen LogP contribution in [0.15, 0.2) is 60.7 Å². The molecule has 1 atom stereocenters. The van der Waals surface area contributed by atoms with Crippen molar-refractivity contribution in [2.24, 2.45) is 5.92 Å². The van der Waals surface area contributed by atoms with E-state index in [1.54, 1.807) is 0 Å². The van der Waals surface area contributed by atoms with E-state index in [-0.39, 0.29) is 18.0 Å². The predicted octanol–water partition coefficient (Wildman–Crippen LogP) is 5.54. The third-order valence-corrected chi connectivity index (χ3v) is 4.17. The van der Waals surface area contributed by atoms with E-state index in [0.717, 1.165) is 36.8 Å². The van der Waals surface area contributed by atoms with Crippen LogP contribution in [0, 0.1) is 5.92 Å². The number of rotatable bonds is 8. The van der Waals surface area contributed by atoms with Crippen molar-refractivity contribution in [2.75, 3.05) is 0 Å². The number of ether oxygens (including phenoxy) is 1. The van der Waals surface area contributed by atoms with Crippen molar-refractivity contribution in [1.29, 1.82) is 0 Å². The highest BCUT2D eigenvalue weighted by Gasteiger charge is 2.24. The van der Waals surface area contributed by atoms with Gasteiger partial charge in [-0.2, -0.15) is 0 Å². The van der Waals surface area contributed by atoms with Crippen LogP contribution in [0.2, 0.25) is 0 Å². The Hall–Kier alpha value is -2.09. The van der Waals surface area contributed by atoms with Gasteiger partial charge >= 0.3 is 5.97 Å². The van der Waals surface area contributed by atoms with Crippen LogP contribution < -0.4 is 0 Å². The van der Waals surface area contributed by atoms with E-state index in [1.807, 2.05) is 60.7 Å². The molecule has 0 bridgehead atoms. The quantitative estimate of drug-likeness (QED) is 0.599. The molecule has 2 heteroatoms. The Balaban J connectivity index is 2.20. The number of esters is 1. The molecule has 23 heavy (non-hydrogen) atoms. The molecule has 2 rings (SSSR count). The van der Waals surface area contributed by atoms with Crippen LogP contribution in [-0.4, -0.2) is 5.97 Å². The Bertz CT molecular complexity index is 538. The second-order valence-corrected chi connectivity index (χ2v) is 5.89. The molecule has 0 aliphatic heterocycles. The summed E-state index contributed by atoms with van der Waals surface area (Å²) in [5.41, 5.74) is 2.02. The van der Waals surface area contributed by atoms with Gasteiger partial charge in [0.25, 0.3) is 0 Å². The summed E-state index contributed by atoms with van der Waals surface area (Å²) in [6.07, 6.45) is 3.57. The lowest BCUT2D eigenvalue weighted by Gasteiger charge is -2.22. The first-order chi connectivity index (χ1) is 11.3. The first-order valence-corrected chi connectivity index (χ1v) is 8.56. The van der Waals surface area contributed by atoms with Gasteiger partial charge in [0.1, 0.15) is 0 Å². The maximum absolute atomic E-state index is 12.6. The van der Waals surface area contributed by atoms with Crippen LogP contribution >= 0.6 is 0 Å². The second kappa shape index (κ2) is 9.14. The van der Waals surface area contributed by atoms with Crippen molar-refractivity contribution in [3.05, 3.63) is 71.8 Å². The Morgan fingerprint density at radius 1 is 0.913 bits per heavy atom. The molecular weight excluding hydrogens is 284 g/mol. The molecule has 2 nitrogen and oxygen atoms in total. The van der Waals surface area contributed by atoms with Crippen LogP contribution in [0.4, 0.5) is 0 Å². The molecule has 0 spiro atoms. The summed E-state index contributed by atoms with van der Waals surface area (Å²) in [5.74, 6) is -0.0940. The van der Waals surface area contributed by atoms with Gasteiger partial charge in [0.05, 0.1) is 5.92 Å². The van der Waals surface area contributed by atoms with Gasteiger partial charge in [-0.3, -0.25) is 4.79 Å². The molecule has 0 aliphatic rings. The third-order valence-electron chi connectivity index (χ3n) is 4.17. The van der Waals surface area contributed by atoms with Crippen molar-refractivity contribution in [2.45, 2.75) is 45.6 Å². The van der Waals surface area contributed by atoms with Crippen LogP contribution in [0.5, 0.6) is 0 Å². The van der Waals surface area contributed by atoms with E-state index in [4.69, 9.17) is 4.74 Å². The lowest BCUT2D eigenvalue weighted by atomic mass is 9.98. The summed E-state index contributed by atoms with van der Waals surface area (Å²) >= 11 is 0. The molecule has 0 aromatic heterocycles. The van der Waals surface area contributed by atoms with E-state index in [9.17, 15) is 4.79 Å². The molecular formula is C21H26O2. The lowest BCUT2D eigenvalue weighted by molar-refractivity contribution is -0.153. The number of hydrogen-bond acceptors (Lipinski definition) is 2. The van der Waals surface area contributed by atoms with E-state index >= 15 is 0 Å². The SMILES string of the molecule is CCCCC(CC)C(=O)OC(c1ccccc1)c1ccccc1. The topological polar surface area (TPSA) is 26.3 Å². The van der Waals surface area contributed by atoms with Crippen LogP contribution in [0.3, 0.4) is 0 Å². The standard InChI is InChI=1S/C21H26O2/c1-3-5-12-17(4-2)21(22)23-20(18-13-8-6-9-14-18)19-15-10-7-11-16-19/h6-11,13-17,20H,3-5,12H2,1-2H3. The maximum Gasteiger partial charge on any atom is 0.309 e. The van der Waals surface area contributed by atoms with Crippen molar-refractivity contribution in [1.82, 2.24) is 0 Å². The first-order valence-electron chi connectivity index (χ1n) is 8.56. The van der Waals surface area contributed by atoms with E-state index < -0.39 is 0 Å². The minimum Gasteiger partial charge on any atom is -0.452 e. The monoisotopic (exact) mass is 310 g/mol. The van der Waals surface area contributed by atoms with Gasteiger partial charge in [-0.1, -0.05) is 87.4 Å². The largest absolute Gasteiger partial charge is 0.452 e.